The molecule has 1 aromatic rings. The monoisotopic (exact) mass is 346 g/mol. The van der Waals surface area contributed by atoms with Crippen LogP contribution in [0.3, 0.4) is 0 Å². The van der Waals surface area contributed by atoms with Crippen molar-refractivity contribution in [2.75, 3.05) is 37.6 Å². The van der Waals surface area contributed by atoms with Gasteiger partial charge in [0.05, 0.1) is 0 Å². The van der Waals surface area contributed by atoms with E-state index in [1.165, 1.54) is 0 Å². The van der Waals surface area contributed by atoms with Crippen molar-refractivity contribution in [3.05, 3.63) is 41.1 Å². The van der Waals surface area contributed by atoms with Crippen molar-refractivity contribution in [2.45, 2.75) is 19.8 Å². The molecule has 0 unspecified atom stereocenters. The molecule has 1 heterocycles. The highest BCUT2D eigenvalue weighted by atomic mass is 35.5. The van der Waals surface area contributed by atoms with Crippen molar-refractivity contribution in [2.24, 2.45) is 0 Å². The van der Waals surface area contributed by atoms with E-state index in [1.54, 1.807) is 6.20 Å². The number of nitrogens with zero attached hydrogens (tertiary/aromatic N) is 3. The number of benzene rings is 1. The van der Waals surface area contributed by atoms with Gasteiger partial charge >= 0.3 is 0 Å². The standard InChI is InChI=1S/C18H23ClN4O/c1-2-3-7-21-18(24)15(13-20)14-22-8-10-23(11-9-22)17-6-4-5-16(19)12-17/h4-6,12,14H,2-3,7-11H2,1H3,(H,21,24)/b15-14-. The fourth-order valence-electron chi connectivity index (χ4n) is 2.58. The minimum absolute atomic E-state index is 0.169. The van der Waals surface area contributed by atoms with Crippen LogP contribution in [-0.4, -0.2) is 43.5 Å². The van der Waals surface area contributed by atoms with Gasteiger partial charge in [0.25, 0.3) is 5.91 Å². The Hall–Kier alpha value is -2.19. The van der Waals surface area contributed by atoms with Gasteiger partial charge in [0.15, 0.2) is 0 Å². The molecule has 0 atom stereocenters. The van der Waals surface area contributed by atoms with Crippen LogP contribution in [0.5, 0.6) is 0 Å². The number of halogens is 1. The zero-order valence-corrected chi connectivity index (χ0v) is 14.7. The fourth-order valence-corrected chi connectivity index (χ4v) is 2.76. The molecule has 1 aliphatic heterocycles. The van der Waals surface area contributed by atoms with Crippen LogP contribution in [0.15, 0.2) is 36.0 Å². The Labute approximate surface area is 148 Å². The lowest BCUT2D eigenvalue weighted by Gasteiger charge is -2.35. The minimum atomic E-state index is -0.289. The first-order valence-electron chi connectivity index (χ1n) is 8.28. The smallest absolute Gasteiger partial charge is 0.263 e. The number of piperazine rings is 1. The lowest BCUT2D eigenvalue weighted by Crippen LogP contribution is -2.44. The van der Waals surface area contributed by atoms with Crippen molar-refractivity contribution in [1.82, 2.24) is 10.2 Å². The highest BCUT2D eigenvalue weighted by Gasteiger charge is 2.17. The van der Waals surface area contributed by atoms with Crippen LogP contribution in [-0.2, 0) is 4.79 Å². The Balaban J connectivity index is 1.90. The SMILES string of the molecule is CCCCNC(=O)/C(C#N)=C\N1CCN(c2cccc(Cl)c2)CC1. The third-order valence-corrected chi connectivity index (χ3v) is 4.22. The summed E-state index contributed by atoms with van der Waals surface area (Å²) >= 11 is 6.04. The predicted octanol–water partition coefficient (Wildman–Crippen LogP) is 2.79. The summed E-state index contributed by atoms with van der Waals surface area (Å²) in [6.45, 7) is 5.85. The van der Waals surface area contributed by atoms with Crippen LogP contribution in [0.25, 0.3) is 0 Å². The van der Waals surface area contributed by atoms with Gasteiger partial charge < -0.3 is 15.1 Å². The zero-order chi connectivity index (χ0) is 17.4. The molecule has 0 radical (unpaired) electrons. The van der Waals surface area contributed by atoms with Gasteiger partial charge in [0, 0.05) is 49.6 Å². The summed E-state index contributed by atoms with van der Waals surface area (Å²) in [5.74, 6) is -0.289. The Morgan fingerprint density at radius 3 is 2.75 bits per heavy atom. The summed E-state index contributed by atoms with van der Waals surface area (Å²) in [7, 11) is 0. The number of hydrogen-bond donors (Lipinski definition) is 1. The van der Waals surface area contributed by atoms with Gasteiger partial charge in [-0.05, 0) is 24.6 Å². The first-order valence-corrected chi connectivity index (χ1v) is 8.66. The van der Waals surface area contributed by atoms with Crippen LogP contribution in [0.1, 0.15) is 19.8 Å². The molecule has 6 heteroatoms. The molecule has 128 valence electrons. The van der Waals surface area contributed by atoms with E-state index in [4.69, 9.17) is 11.6 Å². The number of unbranched alkanes of at least 4 members (excludes halogenated alkanes) is 1. The molecule has 1 aromatic carbocycles. The molecule has 0 aliphatic carbocycles. The second-order valence-corrected chi connectivity index (χ2v) is 6.20. The van der Waals surface area contributed by atoms with Crippen molar-refractivity contribution >= 4 is 23.2 Å². The highest BCUT2D eigenvalue weighted by Crippen LogP contribution is 2.20. The first kappa shape index (κ1) is 18.2. The Kier molecular flexibility index (Phi) is 6.95. The molecule has 0 aromatic heterocycles. The maximum atomic E-state index is 12.0. The zero-order valence-electron chi connectivity index (χ0n) is 14.0. The van der Waals surface area contributed by atoms with Crippen LogP contribution in [0.2, 0.25) is 5.02 Å². The van der Waals surface area contributed by atoms with Crippen molar-refractivity contribution < 1.29 is 4.79 Å². The number of carbonyl (C=O) groups is 1. The topological polar surface area (TPSA) is 59.4 Å². The molecular formula is C18H23ClN4O. The molecule has 0 bridgehead atoms. The van der Waals surface area contributed by atoms with Crippen molar-refractivity contribution in [3.8, 4) is 6.07 Å². The normalized spacial score (nSPS) is 15.1. The molecule has 1 saturated heterocycles. The van der Waals surface area contributed by atoms with Gasteiger partial charge in [-0.25, -0.2) is 0 Å². The highest BCUT2D eigenvalue weighted by molar-refractivity contribution is 6.30. The number of amides is 1. The molecule has 24 heavy (non-hydrogen) atoms. The van der Waals surface area contributed by atoms with Gasteiger partial charge in [-0.2, -0.15) is 5.26 Å². The Morgan fingerprint density at radius 2 is 2.12 bits per heavy atom. The Morgan fingerprint density at radius 1 is 1.38 bits per heavy atom. The van der Waals surface area contributed by atoms with E-state index < -0.39 is 0 Å². The molecule has 0 saturated carbocycles. The quantitative estimate of drug-likeness (QED) is 0.489. The van der Waals surface area contributed by atoms with Gasteiger partial charge in [-0.1, -0.05) is 31.0 Å². The predicted molar refractivity (Wildman–Crippen MR) is 96.9 cm³/mol. The second kappa shape index (κ2) is 9.19. The van der Waals surface area contributed by atoms with E-state index in [0.717, 1.165) is 49.7 Å². The van der Waals surface area contributed by atoms with E-state index in [0.29, 0.717) is 6.54 Å². The number of anilines is 1. The number of hydrogen-bond acceptors (Lipinski definition) is 4. The average Bonchev–Trinajstić information content (AvgIpc) is 2.60. The molecule has 1 amide bonds. The van der Waals surface area contributed by atoms with Gasteiger partial charge in [0.2, 0.25) is 0 Å². The van der Waals surface area contributed by atoms with E-state index >= 15 is 0 Å². The lowest BCUT2D eigenvalue weighted by atomic mass is 10.2. The number of carbonyl (C=O) groups excluding carboxylic acids is 1. The van der Waals surface area contributed by atoms with Gasteiger partial charge in [0.1, 0.15) is 11.6 Å². The van der Waals surface area contributed by atoms with Crippen molar-refractivity contribution in [3.63, 3.8) is 0 Å². The van der Waals surface area contributed by atoms with Gasteiger partial charge in [-0.3, -0.25) is 4.79 Å². The third-order valence-electron chi connectivity index (χ3n) is 3.98. The molecule has 1 aliphatic rings. The molecule has 0 spiro atoms. The lowest BCUT2D eigenvalue weighted by molar-refractivity contribution is -0.117. The third kappa shape index (κ3) is 5.17. The fraction of sp³-hybridized carbons (Fsp3) is 0.444. The van der Waals surface area contributed by atoms with E-state index in [2.05, 4.69) is 17.1 Å². The van der Waals surface area contributed by atoms with Crippen LogP contribution < -0.4 is 10.2 Å². The summed E-state index contributed by atoms with van der Waals surface area (Å²) in [5, 5.41) is 12.7. The largest absolute Gasteiger partial charge is 0.373 e. The van der Waals surface area contributed by atoms with E-state index in [9.17, 15) is 10.1 Å². The summed E-state index contributed by atoms with van der Waals surface area (Å²) in [6, 6.07) is 9.80. The number of rotatable bonds is 6. The van der Waals surface area contributed by atoms with Gasteiger partial charge in [-0.15, -0.1) is 0 Å². The molecular weight excluding hydrogens is 324 g/mol. The van der Waals surface area contributed by atoms with Crippen molar-refractivity contribution in [1.29, 1.82) is 5.26 Å². The van der Waals surface area contributed by atoms with Crippen LogP contribution in [0.4, 0.5) is 5.69 Å². The minimum Gasteiger partial charge on any atom is -0.373 e. The summed E-state index contributed by atoms with van der Waals surface area (Å²) in [5.41, 5.74) is 1.27. The second-order valence-electron chi connectivity index (χ2n) is 5.77. The molecule has 1 N–H and O–H groups in total. The molecule has 2 rings (SSSR count). The van der Waals surface area contributed by atoms with Crippen LogP contribution in [0, 0.1) is 11.3 Å². The van der Waals surface area contributed by atoms with E-state index in [1.807, 2.05) is 35.2 Å². The Bertz CT molecular complexity index is 630. The number of nitriles is 1. The van der Waals surface area contributed by atoms with E-state index in [-0.39, 0.29) is 11.5 Å². The van der Waals surface area contributed by atoms with Crippen LogP contribution >= 0.6 is 11.6 Å². The maximum absolute atomic E-state index is 12.0. The number of nitrogens with one attached hydrogen (secondary N) is 1. The average molecular weight is 347 g/mol. The summed E-state index contributed by atoms with van der Waals surface area (Å²) in [4.78, 5) is 16.3. The molecule has 1 fully saturated rings. The summed E-state index contributed by atoms with van der Waals surface area (Å²) in [6.07, 6.45) is 3.61. The molecule has 5 nitrogen and oxygen atoms in total. The first-order chi connectivity index (χ1) is 11.6. The maximum Gasteiger partial charge on any atom is 0.263 e. The summed E-state index contributed by atoms with van der Waals surface area (Å²) < 4.78 is 0.